The van der Waals surface area contributed by atoms with Gasteiger partial charge in [-0.3, -0.25) is 9.48 Å². The Kier molecular flexibility index (Phi) is 4.65. The third-order valence-corrected chi connectivity index (χ3v) is 3.46. The lowest BCUT2D eigenvalue weighted by molar-refractivity contribution is 0.0939. The number of aryl methyl sites for hydroxylation is 1. The fourth-order valence-corrected chi connectivity index (χ4v) is 2.06. The Morgan fingerprint density at radius 1 is 1.35 bits per heavy atom. The number of halogens is 2. The maximum atomic E-state index is 11.8. The number of carbonyl (C=O) groups is 1. The lowest BCUT2D eigenvalue weighted by Gasteiger charge is -2.03. The third kappa shape index (κ3) is 3.12. The second-order valence-electron chi connectivity index (χ2n) is 4.15. The highest BCUT2D eigenvalue weighted by Gasteiger charge is 2.14. The van der Waals surface area contributed by atoms with Gasteiger partial charge in [-0.2, -0.15) is 5.10 Å². The summed E-state index contributed by atoms with van der Waals surface area (Å²) in [4.78, 5) is 11.8. The van der Waals surface area contributed by atoms with Crippen LogP contribution in [0.3, 0.4) is 0 Å². The lowest BCUT2D eigenvalue weighted by atomic mass is 10.1. The Bertz CT molecular complexity index is 641. The van der Waals surface area contributed by atoms with Crippen LogP contribution in [0.4, 0.5) is 0 Å². The summed E-state index contributed by atoms with van der Waals surface area (Å²) in [5.41, 5.74) is 1.84. The number of amides is 1. The molecule has 0 unspecified atom stereocenters. The number of nitrogens with zero attached hydrogens (tertiary/aromatic N) is 2. The molecular weight excluding hydrogens is 301 g/mol. The summed E-state index contributed by atoms with van der Waals surface area (Å²) in [6.07, 6.45) is 0. The van der Waals surface area contributed by atoms with Gasteiger partial charge in [0.2, 0.25) is 0 Å². The van der Waals surface area contributed by atoms with Crippen molar-refractivity contribution < 1.29 is 9.90 Å². The van der Waals surface area contributed by atoms with Crippen molar-refractivity contribution in [2.45, 2.75) is 0 Å². The van der Waals surface area contributed by atoms with E-state index >= 15 is 0 Å². The molecule has 5 nitrogen and oxygen atoms in total. The Morgan fingerprint density at radius 2 is 2.10 bits per heavy atom. The molecule has 0 aliphatic rings. The first-order chi connectivity index (χ1) is 9.52. The molecule has 0 fully saturated rings. The zero-order valence-electron chi connectivity index (χ0n) is 10.7. The summed E-state index contributed by atoms with van der Waals surface area (Å²) in [6.45, 7) is 0.0791. The number of aliphatic hydroxyl groups is 1. The van der Waals surface area contributed by atoms with Crippen LogP contribution in [0.1, 0.15) is 10.5 Å². The molecule has 1 heterocycles. The van der Waals surface area contributed by atoms with E-state index in [1.54, 1.807) is 36.0 Å². The van der Waals surface area contributed by atoms with Gasteiger partial charge in [-0.05, 0) is 18.2 Å². The maximum Gasteiger partial charge on any atom is 0.271 e. The molecule has 1 aromatic carbocycles. The first-order valence-corrected chi connectivity index (χ1v) is 6.67. The van der Waals surface area contributed by atoms with Crippen molar-refractivity contribution in [3.8, 4) is 11.3 Å². The number of aromatic nitrogens is 2. The Morgan fingerprint density at radius 3 is 2.75 bits per heavy atom. The molecule has 0 spiro atoms. The van der Waals surface area contributed by atoms with Gasteiger partial charge in [0.25, 0.3) is 5.91 Å². The predicted molar refractivity (Wildman–Crippen MR) is 78.1 cm³/mol. The van der Waals surface area contributed by atoms with E-state index in [0.717, 1.165) is 11.3 Å². The van der Waals surface area contributed by atoms with Crippen LogP contribution >= 0.6 is 23.2 Å². The maximum absolute atomic E-state index is 11.8. The SMILES string of the molecule is Cn1nc(C(=O)NCCO)cc1-c1ccc(Cl)c(Cl)c1. The normalized spacial score (nSPS) is 10.6. The molecule has 0 saturated carbocycles. The first kappa shape index (κ1) is 14.8. The van der Waals surface area contributed by atoms with Crippen molar-refractivity contribution in [3.63, 3.8) is 0 Å². The number of carbonyl (C=O) groups excluding carboxylic acids is 1. The molecule has 7 heteroatoms. The van der Waals surface area contributed by atoms with E-state index in [4.69, 9.17) is 28.3 Å². The van der Waals surface area contributed by atoms with Crippen LogP contribution in [-0.2, 0) is 7.05 Å². The van der Waals surface area contributed by atoms with Gasteiger partial charge >= 0.3 is 0 Å². The monoisotopic (exact) mass is 313 g/mol. The van der Waals surface area contributed by atoms with E-state index in [1.165, 1.54) is 0 Å². The highest BCUT2D eigenvalue weighted by molar-refractivity contribution is 6.42. The zero-order chi connectivity index (χ0) is 14.7. The molecular formula is C13H13Cl2N3O2. The zero-order valence-corrected chi connectivity index (χ0v) is 12.2. The molecule has 2 aromatic rings. The summed E-state index contributed by atoms with van der Waals surface area (Å²) in [5.74, 6) is -0.332. The van der Waals surface area contributed by atoms with E-state index in [0.29, 0.717) is 10.0 Å². The number of nitrogens with one attached hydrogen (secondary N) is 1. The van der Waals surface area contributed by atoms with E-state index < -0.39 is 0 Å². The molecule has 106 valence electrons. The van der Waals surface area contributed by atoms with Crippen LogP contribution in [0.25, 0.3) is 11.3 Å². The highest BCUT2D eigenvalue weighted by atomic mass is 35.5. The second kappa shape index (κ2) is 6.26. The van der Waals surface area contributed by atoms with Crippen molar-refractivity contribution in [3.05, 3.63) is 40.0 Å². The molecule has 20 heavy (non-hydrogen) atoms. The van der Waals surface area contributed by atoms with Crippen LogP contribution in [0.15, 0.2) is 24.3 Å². The van der Waals surface area contributed by atoms with Crippen molar-refractivity contribution in [2.24, 2.45) is 7.05 Å². The number of rotatable bonds is 4. The number of hydrogen-bond donors (Lipinski definition) is 2. The van der Waals surface area contributed by atoms with Gasteiger partial charge in [0, 0.05) is 19.2 Å². The van der Waals surface area contributed by atoms with Gasteiger partial charge in [-0.25, -0.2) is 0 Å². The van der Waals surface area contributed by atoms with E-state index in [1.807, 2.05) is 0 Å². The minimum Gasteiger partial charge on any atom is -0.395 e. The van der Waals surface area contributed by atoms with Crippen LogP contribution in [-0.4, -0.2) is 33.9 Å². The first-order valence-electron chi connectivity index (χ1n) is 5.91. The summed E-state index contributed by atoms with van der Waals surface area (Å²) >= 11 is 11.9. The van der Waals surface area contributed by atoms with Gasteiger partial charge in [0.1, 0.15) is 0 Å². The number of benzene rings is 1. The molecule has 1 aromatic heterocycles. The molecule has 0 radical (unpaired) electrons. The van der Waals surface area contributed by atoms with Gasteiger partial charge in [0.05, 0.1) is 22.3 Å². The molecule has 0 bridgehead atoms. The second-order valence-corrected chi connectivity index (χ2v) is 4.96. The largest absolute Gasteiger partial charge is 0.395 e. The fraction of sp³-hybridized carbons (Fsp3) is 0.231. The number of aliphatic hydroxyl groups excluding tert-OH is 1. The summed E-state index contributed by atoms with van der Waals surface area (Å²) in [6, 6.07) is 6.88. The Hall–Kier alpha value is -1.56. The molecule has 1 amide bonds. The van der Waals surface area contributed by atoms with Gasteiger partial charge in [0.15, 0.2) is 5.69 Å². The number of hydrogen-bond acceptors (Lipinski definition) is 3. The summed E-state index contributed by atoms with van der Waals surface area (Å²) in [7, 11) is 1.74. The van der Waals surface area contributed by atoms with Crippen LogP contribution in [0.2, 0.25) is 10.0 Å². The van der Waals surface area contributed by atoms with Gasteiger partial charge in [-0.15, -0.1) is 0 Å². The average Bonchev–Trinajstić information content (AvgIpc) is 2.81. The highest BCUT2D eigenvalue weighted by Crippen LogP contribution is 2.28. The minimum atomic E-state index is -0.332. The van der Waals surface area contributed by atoms with Crippen LogP contribution in [0, 0.1) is 0 Å². The van der Waals surface area contributed by atoms with Crippen molar-refractivity contribution in [1.29, 1.82) is 0 Å². The van der Waals surface area contributed by atoms with Gasteiger partial charge < -0.3 is 10.4 Å². The molecule has 0 atom stereocenters. The van der Waals surface area contributed by atoms with E-state index in [2.05, 4.69) is 10.4 Å². The predicted octanol–water partition coefficient (Wildman–Crippen LogP) is 2.12. The van der Waals surface area contributed by atoms with E-state index in [-0.39, 0.29) is 24.8 Å². The molecule has 0 saturated heterocycles. The van der Waals surface area contributed by atoms with Crippen LogP contribution < -0.4 is 5.32 Å². The van der Waals surface area contributed by atoms with E-state index in [9.17, 15) is 4.79 Å². The standard InChI is InChI=1S/C13H13Cl2N3O2/c1-18-12(8-2-3-9(14)10(15)6-8)7-11(17-18)13(20)16-4-5-19/h2-3,6-7,19H,4-5H2,1H3,(H,16,20). The summed E-state index contributed by atoms with van der Waals surface area (Å²) in [5, 5.41) is 16.3. The third-order valence-electron chi connectivity index (χ3n) is 2.73. The molecule has 0 aliphatic carbocycles. The molecule has 0 aliphatic heterocycles. The van der Waals surface area contributed by atoms with Crippen molar-refractivity contribution in [2.75, 3.05) is 13.2 Å². The quantitative estimate of drug-likeness (QED) is 0.908. The topological polar surface area (TPSA) is 67.2 Å². The minimum absolute atomic E-state index is 0.113. The van der Waals surface area contributed by atoms with Crippen molar-refractivity contribution in [1.82, 2.24) is 15.1 Å². The molecule has 2 rings (SSSR count). The summed E-state index contributed by atoms with van der Waals surface area (Å²) < 4.78 is 1.59. The molecule has 2 N–H and O–H groups in total. The average molecular weight is 314 g/mol. The van der Waals surface area contributed by atoms with Crippen molar-refractivity contribution >= 4 is 29.1 Å². The smallest absolute Gasteiger partial charge is 0.271 e. The Balaban J connectivity index is 2.31. The van der Waals surface area contributed by atoms with Crippen LogP contribution in [0.5, 0.6) is 0 Å². The fourth-order valence-electron chi connectivity index (χ4n) is 1.76. The van der Waals surface area contributed by atoms with Gasteiger partial charge in [-0.1, -0.05) is 29.3 Å². The lowest BCUT2D eigenvalue weighted by Crippen LogP contribution is -2.26. The Labute approximate surface area is 126 Å².